The maximum absolute atomic E-state index is 12.8. The number of fused-ring (bicyclic) bond motifs is 2. The molecule has 2 aromatic rings. The maximum Gasteiger partial charge on any atom is 0.413 e. The number of thiophene rings is 1. The number of ether oxygens (including phenoxy) is 3. The number of aryl methyl sites for hydroxylation is 1. The van der Waals surface area contributed by atoms with Crippen LogP contribution in [-0.4, -0.2) is 31.8 Å². The normalized spacial score (nSPS) is 14.4. The number of carbonyl (C=O) groups excluding carboxylic acids is 3. The summed E-state index contributed by atoms with van der Waals surface area (Å²) in [6.45, 7) is 0.171. The van der Waals surface area contributed by atoms with Crippen LogP contribution < -0.4 is 20.1 Å². The number of carbonyl (C=O) groups is 3. The summed E-state index contributed by atoms with van der Waals surface area (Å²) < 4.78 is 15.2. The van der Waals surface area contributed by atoms with E-state index in [9.17, 15) is 14.4 Å². The molecule has 0 atom stereocenters. The Kier molecular flexibility index (Phi) is 5.89. The number of nitrogens with one attached hydrogen (secondary N) is 2. The molecule has 8 nitrogen and oxygen atoms in total. The predicted octanol–water partition coefficient (Wildman–Crippen LogP) is 3.42. The van der Waals surface area contributed by atoms with Crippen molar-refractivity contribution in [2.45, 2.75) is 38.5 Å². The molecule has 0 bridgehead atoms. The number of rotatable bonds is 4. The molecular weight excluding hydrogens is 408 g/mol. The second kappa shape index (κ2) is 8.74. The van der Waals surface area contributed by atoms with Crippen molar-refractivity contribution in [2.24, 2.45) is 0 Å². The Morgan fingerprint density at radius 1 is 1.10 bits per heavy atom. The highest BCUT2D eigenvalue weighted by Gasteiger charge is 2.27. The van der Waals surface area contributed by atoms with Gasteiger partial charge in [-0.3, -0.25) is 14.9 Å². The molecule has 2 heterocycles. The van der Waals surface area contributed by atoms with Crippen molar-refractivity contribution in [1.82, 2.24) is 5.32 Å². The van der Waals surface area contributed by atoms with Crippen molar-refractivity contribution in [3.63, 3.8) is 0 Å². The number of amides is 3. The standard InChI is InChI=1S/C21H22N2O6S/c1-27-21(26)23-19(25)18-13-5-3-2-4-6-16(13)30-20(18)22-17(24)10-12-7-8-14-15(9-12)29-11-28-14/h7-9H,2-6,10-11H2,1H3,(H,22,24)(H,23,25,26). The van der Waals surface area contributed by atoms with Crippen LogP contribution in [0.2, 0.25) is 0 Å². The molecule has 9 heteroatoms. The molecular formula is C21H22N2O6S. The molecule has 1 aromatic carbocycles. The summed E-state index contributed by atoms with van der Waals surface area (Å²) in [6.07, 6.45) is 3.99. The van der Waals surface area contributed by atoms with Crippen LogP contribution in [0.4, 0.5) is 9.80 Å². The van der Waals surface area contributed by atoms with Crippen molar-refractivity contribution in [1.29, 1.82) is 0 Å². The highest BCUT2D eigenvalue weighted by Crippen LogP contribution is 2.38. The Hall–Kier alpha value is -3.07. The number of imide groups is 1. The molecule has 0 radical (unpaired) electrons. The first kappa shape index (κ1) is 20.2. The van der Waals surface area contributed by atoms with Crippen molar-refractivity contribution in [3.8, 4) is 11.5 Å². The fourth-order valence-electron chi connectivity index (χ4n) is 3.68. The summed E-state index contributed by atoms with van der Waals surface area (Å²) in [5, 5.41) is 5.56. The van der Waals surface area contributed by atoms with E-state index >= 15 is 0 Å². The second-order valence-electron chi connectivity index (χ2n) is 7.13. The monoisotopic (exact) mass is 430 g/mol. The number of alkyl carbamates (subject to hydrolysis) is 1. The van der Waals surface area contributed by atoms with Gasteiger partial charge in [0, 0.05) is 4.88 Å². The lowest BCUT2D eigenvalue weighted by atomic mass is 10.0. The summed E-state index contributed by atoms with van der Waals surface area (Å²) in [6, 6.07) is 5.35. The molecule has 0 saturated carbocycles. The molecule has 2 aliphatic rings. The van der Waals surface area contributed by atoms with E-state index in [1.165, 1.54) is 18.4 Å². The maximum atomic E-state index is 12.8. The van der Waals surface area contributed by atoms with E-state index in [1.54, 1.807) is 12.1 Å². The van der Waals surface area contributed by atoms with Gasteiger partial charge in [-0.2, -0.15) is 0 Å². The van der Waals surface area contributed by atoms with E-state index in [-0.39, 0.29) is 19.1 Å². The molecule has 30 heavy (non-hydrogen) atoms. The van der Waals surface area contributed by atoms with E-state index in [2.05, 4.69) is 15.4 Å². The van der Waals surface area contributed by atoms with Crippen molar-refractivity contribution in [2.75, 3.05) is 19.2 Å². The average molecular weight is 430 g/mol. The van der Waals surface area contributed by atoms with Crippen LogP contribution in [0.5, 0.6) is 11.5 Å². The molecule has 0 saturated heterocycles. The number of benzene rings is 1. The third-order valence-electron chi connectivity index (χ3n) is 5.10. The van der Waals surface area contributed by atoms with Crippen LogP contribution in [0, 0.1) is 0 Å². The number of anilines is 1. The van der Waals surface area contributed by atoms with E-state index < -0.39 is 12.0 Å². The van der Waals surface area contributed by atoms with Crippen molar-refractivity contribution in [3.05, 3.63) is 39.8 Å². The van der Waals surface area contributed by atoms with Gasteiger partial charge in [0.25, 0.3) is 5.91 Å². The van der Waals surface area contributed by atoms with Crippen LogP contribution >= 0.6 is 11.3 Å². The smallest absolute Gasteiger partial charge is 0.413 e. The van der Waals surface area contributed by atoms with E-state index in [4.69, 9.17) is 9.47 Å². The van der Waals surface area contributed by atoms with Gasteiger partial charge in [-0.15, -0.1) is 11.3 Å². The lowest BCUT2D eigenvalue weighted by molar-refractivity contribution is -0.115. The topological polar surface area (TPSA) is 103 Å². The van der Waals surface area contributed by atoms with Crippen LogP contribution in [-0.2, 0) is 28.8 Å². The van der Waals surface area contributed by atoms with Gasteiger partial charge in [0.15, 0.2) is 11.5 Å². The van der Waals surface area contributed by atoms with Gasteiger partial charge < -0.3 is 19.5 Å². The molecule has 3 amide bonds. The molecule has 1 aliphatic heterocycles. The largest absolute Gasteiger partial charge is 0.454 e. The Labute approximate surface area is 177 Å². The molecule has 0 unspecified atom stereocenters. The van der Waals surface area contributed by atoms with Gasteiger partial charge in [-0.1, -0.05) is 12.5 Å². The zero-order chi connectivity index (χ0) is 21.1. The minimum atomic E-state index is -0.828. The molecule has 158 valence electrons. The van der Waals surface area contributed by atoms with Gasteiger partial charge in [0.1, 0.15) is 5.00 Å². The van der Waals surface area contributed by atoms with E-state index in [1.807, 2.05) is 6.07 Å². The number of hydrogen-bond acceptors (Lipinski definition) is 7. The van der Waals surface area contributed by atoms with Gasteiger partial charge in [-0.05, 0) is 48.9 Å². The third kappa shape index (κ3) is 4.25. The van der Waals surface area contributed by atoms with Gasteiger partial charge in [-0.25, -0.2) is 4.79 Å². The fraction of sp³-hybridized carbons (Fsp3) is 0.381. The summed E-state index contributed by atoms with van der Waals surface area (Å²) >= 11 is 1.41. The quantitative estimate of drug-likeness (QED) is 0.721. The molecule has 0 fully saturated rings. The molecule has 1 aromatic heterocycles. The lowest BCUT2D eigenvalue weighted by Gasteiger charge is -2.09. The van der Waals surface area contributed by atoms with E-state index in [0.717, 1.165) is 48.1 Å². The first-order chi connectivity index (χ1) is 14.5. The van der Waals surface area contributed by atoms with Crippen LogP contribution in [0.25, 0.3) is 0 Å². The second-order valence-corrected chi connectivity index (χ2v) is 8.23. The predicted molar refractivity (Wildman–Crippen MR) is 110 cm³/mol. The van der Waals surface area contributed by atoms with Crippen molar-refractivity contribution >= 4 is 34.2 Å². The Morgan fingerprint density at radius 2 is 1.90 bits per heavy atom. The highest BCUT2D eigenvalue weighted by molar-refractivity contribution is 7.17. The Morgan fingerprint density at radius 3 is 2.73 bits per heavy atom. The van der Waals surface area contributed by atoms with Gasteiger partial charge >= 0.3 is 6.09 Å². The average Bonchev–Trinajstić information content (AvgIpc) is 3.25. The van der Waals surface area contributed by atoms with Crippen molar-refractivity contribution < 1.29 is 28.6 Å². The zero-order valence-electron chi connectivity index (χ0n) is 16.5. The molecule has 2 N–H and O–H groups in total. The summed E-state index contributed by atoms with van der Waals surface area (Å²) in [7, 11) is 1.20. The number of hydrogen-bond donors (Lipinski definition) is 2. The number of methoxy groups -OCH3 is 1. The third-order valence-corrected chi connectivity index (χ3v) is 6.31. The summed E-state index contributed by atoms with van der Waals surface area (Å²) in [4.78, 5) is 38.1. The SMILES string of the molecule is COC(=O)NC(=O)c1c(NC(=O)Cc2ccc3c(c2)OCO3)sc2c1CCCCC2. The van der Waals surface area contributed by atoms with Gasteiger partial charge in [0.05, 0.1) is 19.1 Å². The van der Waals surface area contributed by atoms with Crippen LogP contribution in [0.3, 0.4) is 0 Å². The fourth-order valence-corrected chi connectivity index (χ4v) is 4.99. The molecule has 1 aliphatic carbocycles. The van der Waals surface area contributed by atoms with Crippen LogP contribution in [0.15, 0.2) is 18.2 Å². The minimum Gasteiger partial charge on any atom is -0.454 e. The van der Waals surface area contributed by atoms with E-state index in [0.29, 0.717) is 22.1 Å². The minimum absolute atomic E-state index is 0.122. The first-order valence-corrected chi connectivity index (χ1v) is 10.6. The summed E-state index contributed by atoms with van der Waals surface area (Å²) in [5.41, 5.74) is 2.05. The zero-order valence-corrected chi connectivity index (χ0v) is 17.4. The van der Waals surface area contributed by atoms with Crippen LogP contribution in [0.1, 0.15) is 45.6 Å². The Bertz CT molecular complexity index is 1000. The molecule has 4 rings (SSSR count). The molecule has 0 spiro atoms. The first-order valence-electron chi connectivity index (χ1n) is 9.77. The highest BCUT2D eigenvalue weighted by atomic mass is 32.1. The lowest BCUT2D eigenvalue weighted by Crippen LogP contribution is -2.31. The van der Waals surface area contributed by atoms with Gasteiger partial charge in [0.2, 0.25) is 12.7 Å². The Balaban J connectivity index is 1.55. The summed E-state index contributed by atoms with van der Waals surface area (Å²) in [5.74, 6) is 0.459.